The normalized spacial score (nSPS) is 32.2. The number of nitriles is 1. The molecular formula is C12H18N2O2. The zero-order valence-electron chi connectivity index (χ0n) is 9.71. The van der Waals surface area contributed by atoms with Gasteiger partial charge in [-0.15, -0.1) is 0 Å². The third kappa shape index (κ3) is 1.92. The molecule has 0 bridgehead atoms. The molecule has 1 saturated heterocycles. The van der Waals surface area contributed by atoms with Crippen LogP contribution in [-0.2, 0) is 9.53 Å². The molecule has 1 N–H and O–H groups in total. The second kappa shape index (κ2) is 4.06. The highest BCUT2D eigenvalue weighted by atomic mass is 16.5. The molecule has 1 heterocycles. The first-order valence-corrected chi connectivity index (χ1v) is 5.98. The maximum atomic E-state index is 12.1. The number of amides is 1. The van der Waals surface area contributed by atoms with Gasteiger partial charge < -0.3 is 10.1 Å². The fraction of sp³-hybridized carbons (Fsp3) is 0.833. The smallest absolute Gasteiger partial charge is 0.253 e. The number of nitrogens with one attached hydrogen (secondary N) is 1. The lowest BCUT2D eigenvalue weighted by Crippen LogP contribution is -2.53. The first kappa shape index (κ1) is 11.4. The summed E-state index contributed by atoms with van der Waals surface area (Å²) < 4.78 is 5.48. The molecule has 0 radical (unpaired) electrons. The molecule has 4 heteroatoms. The number of carbonyl (C=O) groups is 1. The van der Waals surface area contributed by atoms with Gasteiger partial charge in [0, 0.05) is 6.61 Å². The second-order valence-electron chi connectivity index (χ2n) is 5.04. The highest BCUT2D eigenvalue weighted by molar-refractivity contribution is 5.86. The molecule has 16 heavy (non-hydrogen) atoms. The van der Waals surface area contributed by atoms with Crippen molar-refractivity contribution in [2.75, 3.05) is 6.61 Å². The lowest BCUT2D eigenvalue weighted by Gasteiger charge is -2.28. The van der Waals surface area contributed by atoms with Crippen LogP contribution < -0.4 is 5.32 Å². The van der Waals surface area contributed by atoms with Gasteiger partial charge in [0.15, 0.2) is 0 Å². The van der Waals surface area contributed by atoms with Crippen LogP contribution >= 0.6 is 0 Å². The summed E-state index contributed by atoms with van der Waals surface area (Å²) >= 11 is 0. The summed E-state index contributed by atoms with van der Waals surface area (Å²) in [5.74, 6) is -0.117. The predicted octanol–water partition coefficient (Wildman–Crippen LogP) is 1.51. The van der Waals surface area contributed by atoms with E-state index in [9.17, 15) is 10.1 Å². The van der Waals surface area contributed by atoms with Crippen molar-refractivity contribution in [2.24, 2.45) is 0 Å². The van der Waals surface area contributed by atoms with Crippen LogP contribution in [-0.4, -0.2) is 23.7 Å². The average molecular weight is 222 g/mol. The largest absolute Gasteiger partial charge is 0.365 e. The lowest BCUT2D eigenvalue weighted by atomic mass is 9.95. The van der Waals surface area contributed by atoms with E-state index in [4.69, 9.17) is 4.74 Å². The maximum Gasteiger partial charge on any atom is 0.253 e. The van der Waals surface area contributed by atoms with Crippen LogP contribution in [0, 0.1) is 11.3 Å². The highest BCUT2D eigenvalue weighted by Crippen LogP contribution is 2.31. The summed E-state index contributed by atoms with van der Waals surface area (Å²) in [5.41, 5.74) is -1.35. The van der Waals surface area contributed by atoms with E-state index in [2.05, 4.69) is 11.4 Å². The average Bonchev–Trinajstić information content (AvgIpc) is 2.89. The Morgan fingerprint density at radius 3 is 2.50 bits per heavy atom. The van der Waals surface area contributed by atoms with E-state index in [1.54, 1.807) is 0 Å². The Hall–Kier alpha value is -1.08. The molecule has 0 aromatic heterocycles. The molecule has 2 rings (SSSR count). The van der Waals surface area contributed by atoms with Crippen molar-refractivity contribution in [2.45, 2.75) is 56.6 Å². The Kier molecular flexibility index (Phi) is 2.90. The fourth-order valence-electron chi connectivity index (χ4n) is 2.55. The van der Waals surface area contributed by atoms with Crippen molar-refractivity contribution in [3.63, 3.8) is 0 Å². The Balaban J connectivity index is 2.04. The molecule has 88 valence electrons. The minimum atomic E-state index is -0.716. The predicted molar refractivity (Wildman–Crippen MR) is 58.5 cm³/mol. The Bertz CT molecular complexity index is 320. The maximum absolute atomic E-state index is 12.1. The van der Waals surface area contributed by atoms with Gasteiger partial charge in [0.05, 0.1) is 6.07 Å². The van der Waals surface area contributed by atoms with Crippen molar-refractivity contribution < 1.29 is 9.53 Å². The number of carbonyl (C=O) groups excluding carboxylic acids is 1. The van der Waals surface area contributed by atoms with Gasteiger partial charge in [-0.05, 0) is 45.4 Å². The van der Waals surface area contributed by atoms with E-state index >= 15 is 0 Å². The molecule has 0 aromatic rings. The van der Waals surface area contributed by atoms with Crippen molar-refractivity contribution in [1.82, 2.24) is 5.32 Å². The third-order valence-electron chi connectivity index (χ3n) is 3.72. The molecule has 2 fully saturated rings. The Labute approximate surface area is 96.0 Å². The van der Waals surface area contributed by atoms with E-state index in [1.807, 2.05) is 6.92 Å². The second-order valence-corrected chi connectivity index (χ2v) is 5.04. The third-order valence-corrected chi connectivity index (χ3v) is 3.72. The van der Waals surface area contributed by atoms with Crippen molar-refractivity contribution in [1.29, 1.82) is 5.26 Å². The van der Waals surface area contributed by atoms with Crippen LogP contribution in [0.4, 0.5) is 0 Å². The number of hydrogen-bond donors (Lipinski definition) is 1. The Morgan fingerprint density at radius 2 is 2.00 bits per heavy atom. The summed E-state index contributed by atoms with van der Waals surface area (Å²) in [6.45, 7) is 2.46. The molecule has 1 unspecified atom stereocenters. The van der Waals surface area contributed by atoms with Gasteiger partial charge >= 0.3 is 0 Å². The van der Waals surface area contributed by atoms with Crippen LogP contribution in [0.2, 0.25) is 0 Å². The quantitative estimate of drug-likeness (QED) is 0.770. The molecule has 1 aliphatic heterocycles. The molecule has 1 aliphatic carbocycles. The van der Waals surface area contributed by atoms with Crippen LogP contribution in [0.1, 0.15) is 45.4 Å². The molecule has 2 aliphatic rings. The fourth-order valence-corrected chi connectivity index (χ4v) is 2.55. The summed E-state index contributed by atoms with van der Waals surface area (Å²) in [4.78, 5) is 12.1. The van der Waals surface area contributed by atoms with E-state index in [1.165, 1.54) is 0 Å². The van der Waals surface area contributed by atoms with Crippen LogP contribution in [0.25, 0.3) is 0 Å². The summed E-state index contributed by atoms with van der Waals surface area (Å²) in [7, 11) is 0. The summed E-state index contributed by atoms with van der Waals surface area (Å²) in [5, 5.41) is 12.1. The SMILES string of the molecule is CC1(C(=O)NC2(C#N)CCCC2)CCCO1. The zero-order chi connectivity index (χ0) is 11.6. The van der Waals surface area contributed by atoms with E-state index < -0.39 is 11.1 Å². The van der Waals surface area contributed by atoms with E-state index in [0.29, 0.717) is 6.61 Å². The zero-order valence-corrected chi connectivity index (χ0v) is 9.71. The van der Waals surface area contributed by atoms with E-state index in [-0.39, 0.29) is 5.91 Å². The van der Waals surface area contributed by atoms with E-state index in [0.717, 1.165) is 38.5 Å². The Morgan fingerprint density at radius 1 is 1.31 bits per heavy atom. The van der Waals surface area contributed by atoms with Crippen LogP contribution in [0.15, 0.2) is 0 Å². The highest BCUT2D eigenvalue weighted by Gasteiger charge is 2.43. The number of nitrogens with zero attached hydrogens (tertiary/aromatic N) is 1. The molecule has 0 spiro atoms. The van der Waals surface area contributed by atoms with Gasteiger partial charge in [0.1, 0.15) is 11.1 Å². The number of rotatable bonds is 2. The lowest BCUT2D eigenvalue weighted by molar-refractivity contribution is -0.141. The summed E-state index contributed by atoms with van der Waals surface area (Å²) in [6.07, 6.45) is 5.25. The first-order chi connectivity index (χ1) is 7.60. The number of ether oxygens (including phenoxy) is 1. The minimum Gasteiger partial charge on any atom is -0.365 e. The van der Waals surface area contributed by atoms with Gasteiger partial charge in [0.2, 0.25) is 0 Å². The van der Waals surface area contributed by atoms with Gasteiger partial charge in [-0.25, -0.2) is 0 Å². The van der Waals surface area contributed by atoms with Crippen molar-refractivity contribution in [3.8, 4) is 6.07 Å². The summed E-state index contributed by atoms with van der Waals surface area (Å²) in [6, 6.07) is 2.26. The monoisotopic (exact) mass is 222 g/mol. The molecular weight excluding hydrogens is 204 g/mol. The topological polar surface area (TPSA) is 62.1 Å². The first-order valence-electron chi connectivity index (χ1n) is 5.98. The van der Waals surface area contributed by atoms with Gasteiger partial charge in [-0.3, -0.25) is 4.79 Å². The van der Waals surface area contributed by atoms with Crippen molar-refractivity contribution in [3.05, 3.63) is 0 Å². The van der Waals surface area contributed by atoms with Crippen molar-refractivity contribution >= 4 is 5.91 Å². The van der Waals surface area contributed by atoms with Crippen LogP contribution in [0.5, 0.6) is 0 Å². The molecule has 1 amide bonds. The standard InChI is InChI=1S/C12H18N2O2/c1-11(5-4-8-16-11)10(15)14-12(9-13)6-2-3-7-12/h2-8H2,1H3,(H,14,15). The number of hydrogen-bond acceptors (Lipinski definition) is 3. The van der Waals surface area contributed by atoms with Crippen LogP contribution in [0.3, 0.4) is 0 Å². The molecule has 4 nitrogen and oxygen atoms in total. The van der Waals surface area contributed by atoms with Gasteiger partial charge in [-0.2, -0.15) is 5.26 Å². The van der Waals surface area contributed by atoms with Gasteiger partial charge in [-0.1, -0.05) is 0 Å². The van der Waals surface area contributed by atoms with Gasteiger partial charge in [0.25, 0.3) is 5.91 Å². The molecule has 0 aromatic carbocycles. The minimum absolute atomic E-state index is 0.117. The molecule has 1 atom stereocenters. The molecule has 1 saturated carbocycles.